The van der Waals surface area contributed by atoms with E-state index < -0.39 is 12.0 Å². The molecule has 2 aromatic heterocycles. The summed E-state index contributed by atoms with van der Waals surface area (Å²) in [6.45, 7) is 1.82. The number of aromatic nitrogens is 1. The van der Waals surface area contributed by atoms with Crippen molar-refractivity contribution in [3.63, 3.8) is 0 Å². The Bertz CT molecular complexity index is 799. The molecule has 1 N–H and O–H groups in total. The van der Waals surface area contributed by atoms with Gasteiger partial charge >= 0.3 is 5.97 Å². The van der Waals surface area contributed by atoms with Crippen LogP contribution in [0.1, 0.15) is 24.2 Å². The first kappa shape index (κ1) is 15.7. The quantitative estimate of drug-likeness (QED) is 0.865. The van der Waals surface area contributed by atoms with Gasteiger partial charge in [-0.15, -0.1) is 11.3 Å². The van der Waals surface area contributed by atoms with Crippen molar-refractivity contribution in [1.29, 1.82) is 0 Å². The second kappa shape index (κ2) is 6.52. The van der Waals surface area contributed by atoms with Gasteiger partial charge in [-0.05, 0) is 30.5 Å². The fourth-order valence-corrected chi connectivity index (χ4v) is 3.38. The van der Waals surface area contributed by atoms with Gasteiger partial charge in [0.1, 0.15) is 11.7 Å². The lowest BCUT2D eigenvalue weighted by molar-refractivity contribution is -0.136. The van der Waals surface area contributed by atoms with E-state index in [2.05, 4.69) is 15.3 Å². The second-order valence-corrected chi connectivity index (χ2v) is 6.42. The standard InChI is InChI=1S/C16H14ClN3O2S/c1-9-12(16(21)22-2)13(10-6-8-23-14(10)17)20-15(19-9)11-5-3-4-7-18-11/h3-8,13H,1-2H3,(H,19,20). The summed E-state index contributed by atoms with van der Waals surface area (Å²) in [6, 6.07) is 6.93. The highest BCUT2D eigenvalue weighted by Gasteiger charge is 2.32. The van der Waals surface area contributed by atoms with E-state index in [4.69, 9.17) is 16.3 Å². The predicted octanol–water partition coefficient (Wildman–Crippen LogP) is 3.33. The zero-order chi connectivity index (χ0) is 16.4. The van der Waals surface area contributed by atoms with E-state index in [-0.39, 0.29) is 0 Å². The number of hydrogen-bond acceptors (Lipinski definition) is 6. The van der Waals surface area contributed by atoms with Crippen LogP contribution in [-0.2, 0) is 9.53 Å². The van der Waals surface area contributed by atoms with Crippen molar-refractivity contribution in [2.75, 3.05) is 7.11 Å². The van der Waals surface area contributed by atoms with E-state index in [0.29, 0.717) is 27.1 Å². The number of nitrogens with one attached hydrogen (secondary N) is 1. The van der Waals surface area contributed by atoms with Gasteiger partial charge in [-0.3, -0.25) is 9.98 Å². The summed E-state index contributed by atoms with van der Waals surface area (Å²) in [7, 11) is 1.35. The van der Waals surface area contributed by atoms with Gasteiger partial charge in [-0.1, -0.05) is 17.7 Å². The number of carbonyl (C=O) groups excluding carboxylic acids is 1. The summed E-state index contributed by atoms with van der Waals surface area (Å²) in [4.78, 5) is 21.2. The minimum atomic E-state index is -0.514. The van der Waals surface area contributed by atoms with E-state index in [9.17, 15) is 4.79 Å². The van der Waals surface area contributed by atoms with E-state index in [0.717, 1.165) is 5.56 Å². The Labute approximate surface area is 142 Å². The highest BCUT2D eigenvalue weighted by molar-refractivity contribution is 7.14. The number of aliphatic imine (C=N–C) groups is 1. The minimum Gasteiger partial charge on any atom is -0.466 e. The number of allylic oxidation sites excluding steroid dienone is 1. The van der Waals surface area contributed by atoms with Crippen LogP contribution in [0.2, 0.25) is 4.34 Å². The van der Waals surface area contributed by atoms with E-state index in [1.54, 1.807) is 6.20 Å². The Morgan fingerprint density at radius 3 is 2.83 bits per heavy atom. The van der Waals surface area contributed by atoms with Crippen LogP contribution in [0.25, 0.3) is 0 Å². The third kappa shape index (κ3) is 3.00. The molecule has 1 aliphatic heterocycles. The molecule has 3 rings (SSSR count). The number of thiophene rings is 1. The largest absolute Gasteiger partial charge is 0.466 e. The van der Waals surface area contributed by atoms with Gasteiger partial charge in [0, 0.05) is 17.5 Å². The van der Waals surface area contributed by atoms with Crippen LogP contribution in [0.5, 0.6) is 0 Å². The topological polar surface area (TPSA) is 63.6 Å². The average Bonchev–Trinajstić information content (AvgIpc) is 3.00. The fraction of sp³-hybridized carbons (Fsp3) is 0.188. The predicted molar refractivity (Wildman–Crippen MR) is 90.7 cm³/mol. The zero-order valence-corrected chi connectivity index (χ0v) is 14.1. The van der Waals surface area contributed by atoms with Gasteiger partial charge in [-0.25, -0.2) is 4.79 Å². The molecule has 0 aromatic carbocycles. The van der Waals surface area contributed by atoms with Crippen molar-refractivity contribution in [2.45, 2.75) is 13.0 Å². The van der Waals surface area contributed by atoms with Crippen molar-refractivity contribution in [1.82, 2.24) is 10.3 Å². The van der Waals surface area contributed by atoms with Gasteiger partial charge in [0.15, 0.2) is 5.84 Å². The Hall–Kier alpha value is -2.18. The molecule has 0 aliphatic carbocycles. The van der Waals surface area contributed by atoms with E-state index in [1.807, 2.05) is 36.6 Å². The summed E-state index contributed by atoms with van der Waals surface area (Å²) in [6.07, 6.45) is 1.70. The summed E-state index contributed by atoms with van der Waals surface area (Å²) >= 11 is 7.67. The SMILES string of the molecule is COC(=O)C1=C(C)NC(c2ccccn2)=NC1c1ccsc1Cl. The molecule has 0 bridgehead atoms. The Morgan fingerprint density at radius 2 is 2.22 bits per heavy atom. The fourth-order valence-electron chi connectivity index (χ4n) is 2.41. The number of esters is 1. The molecular formula is C16H14ClN3O2S. The Balaban J connectivity index is 2.11. The first-order valence-corrected chi connectivity index (χ1v) is 8.15. The maximum Gasteiger partial charge on any atom is 0.338 e. The monoisotopic (exact) mass is 347 g/mol. The number of methoxy groups -OCH3 is 1. The van der Waals surface area contributed by atoms with Crippen molar-refractivity contribution in [2.24, 2.45) is 4.99 Å². The summed E-state index contributed by atoms with van der Waals surface area (Å²) in [5, 5.41) is 5.01. The summed E-state index contributed by atoms with van der Waals surface area (Å²) < 4.78 is 5.51. The lowest BCUT2D eigenvalue weighted by atomic mass is 9.98. The first-order chi connectivity index (χ1) is 11.1. The molecule has 118 valence electrons. The molecule has 2 aromatic rings. The number of carbonyl (C=O) groups is 1. The highest BCUT2D eigenvalue weighted by Crippen LogP contribution is 2.38. The summed E-state index contributed by atoms with van der Waals surface area (Å²) in [5.41, 5.74) is 2.62. The van der Waals surface area contributed by atoms with E-state index >= 15 is 0 Å². The molecule has 0 radical (unpaired) electrons. The average molecular weight is 348 g/mol. The van der Waals surface area contributed by atoms with Crippen molar-refractivity contribution >= 4 is 34.7 Å². The van der Waals surface area contributed by atoms with E-state index in [1.165, 1.54) is 18.4 Å². The lowest BCUT2D eigenvalue weighted by Gasteiger charge is -2.25. The van der Waals surface area contributed by atoms with Crippen molar-refractivity contribution < 1.29 is 9.53 Å². The molecule has 1 atom stereocenters. The molecule has 1 unspecified atom stereocenters. The molecule has 0 spiro atoms. The van der Waals surface area contributed by atoms with Crippen LogP contribution in [0, 0.1) is 0 Å². The molecule has 7 heteroatoms. The second-order valence-electron chi connectivity index (χ2n) is 4.90. The van der Waals surface area contributed by atoms with Crippen LogP contribution in [0.15, 0.2) is 52.1 Å². The Morgan fingerprint density at radius 1 is 1.39 bits per heavy atom. The smallest absolute Gasteiger partial charge is 0.338 e. The molecule has 3 heterocycles. The minimum absolute atomic E-state index is 0.425. The third-order valence-electron chi connectivity index (χ3n) is 3.50. The maximum atomic E-state index is 12.2. The number of hydrogen-bond donors (Lipinski definition) is 1. The number of pyridine rings is 1. The zero-order valence-electron chi connectivity index (χ0n) is 12.5. The van der Waals surface area contributed by atoms with Gasteiger partial charge < -0.3 is 10.1 Å². The van der Waals surface area contributed by atoms with Crippen LogP contribution in [-0.4, -0.2) is 23.9 Å². The lowest BCUT2D eigenvalue weighted by Crippen LogP contribution is -2.33. The number of rotatable bonds is 3. The van der Waals surface area contributed by atoms with Crippen LogP contribution < -0.4 is 5.32 Å². The first-order valence-electron chi connectivity index (χ1n) is 6.90. The third-order valence-corrected chi connectivity index (χ3v) is 4.70. The molecule has 0 saturated heterocycles. The van der Waals surface area contributed by atoms with Gasteiger partial charge in [-0.2, -0.15) is 0 Å². The molecule has 0 saturated carbocycles. The molecule has 5 nitrogen and oxygen atoms in total. The molecule has 0 fully saturated rings. The van der Waals surface area contributed by atoms with Crippen molar-refractivity contribution in [3.05, 3.63) is 62.7 Å². The van der Waals surface area contributed by atoms with Gasteiger partial charge in [0.05, 0.1) is 17.0 Å². The Kier molecular flexibility index (Phi) is 4.45. The molecule has 1 aliphatic rings. The molecular weight excluding hydrogens is 334 g/mol. The maximum absolute atomic E-state index is 12.2. The van der Waals surface area contributed by atoms with Crippen molar-refractivity contribution in [3.8, 4) is 0 Å². The molecule has 0 amide bonds. The number of halogens is 1. The van der Waals surface area contributed by atoms with Crippen LogP contribution in [0.3, 0.4) is 0 Å². The highest BCUT2D eigenvalue weighted by atomic mass is 35.5. The number of ether oxygens (including phenoxy) is 1. The summed E-state index contributed by atoms with van der Waals surface area (Å²) in [5.74, 6) is 0.175. The number of amidine groups is 1. The molecule has 23 heavy (non-hydrogen) atoms. The van der Waals surface area contributed by atoms with Gasteiger partial charge in [0.25, 0.3) is 0 Å². The van der Waals surface area contributed by atoms with Crippen LogP contribution in [0.4, 0.5) is 0 Å². The number of nitrogens with zero attached hydrogens (tertiary/aromatic N) is 2. The normalized spacial score (nSPS) is 17.5. The van der Waals surface area contributed by atoms with Crippen LogP contribution >= 0.6 is 22.9 Å². The van der Waals surface area contributed by atoms with Gasteiger partial charge in [0.2, 0.25) is 0 Å².